The number of hydrogen-bond donors (Lipinski definition) is 2. The maximum Gasteiger partial charge on any atom is 0.307 e. The Bertz CT molecular complexity index is 520. The van der Waals surface area contributed by atoms with Crippen molar-refractivity contribution in [1.29, 1.82) is 0 Å². The van der Waals surface area contributed by atoms with E-state index in [-0.39, 0.29) is 6.42 Å². The van der Waals surface area contributed by atoms with Gasteiger partial charge in [-0.05, 0) is 28.5 Å². The molecule has 0 aliphatic rings. The van der Waals surface area contributed by atoms with Crippen LogP contribution in [0.15, 0.2) is 36.4 Å². The fraction of sp³-hybridized carbons (Fsp3) is 0.0833. The van der Waals surface area contributed by atoms with E-state index in [9.17, 15) is 4.79 Å². The molecule has 0 saturated heterocycles. The first-order valence-corrected chi connectivity index (χ1v) is 4.66. The van der Waals surface area contributed by atoms with Crippen LogP contribution in [0.2, 0.25) is 0 Å². The van der Waals surface area contributed by atoms with E-state index in [2.05, 4.69) is 0 Å². The molecule has 2 rings (SSSR count). The van der Waals surface area contributed by atoms with Crippen LogP contribution in [0.4, 0.5) is 5.69 Å². The standard InChI is InChI=1S/C12H11NO2/c13-11-6-9-4-2-1-3-8(9)5-10(11)7-12(14)15/h1-6H,7,13H2,(H,14,15). The van der Waals surface area contributed by atoms with Crippen LogP contribution in [-0.4, -0.2) is 11.1 Å². The Morgan fingerprint density at radius 2 is 1.80 bits per heavy atom. The van der Waals surface area contributed by atoms with Crippen molar-refractivity contribution in [3.63, 3.8) is 0 Å². The zero-order valence-electron chi connectivity index (χ0n) is 8.10. The van der Waals surface area contributed by atoms with Gasteiger partial charge in [-0.1, -0.05) is 24.3 Å². The molecule has 0 amide bonds. The molecule has 0 fully saturated rings. The molecule has 3 nitrogen and oxygen atoms in total. The molecule has 0 aliphatic heterocycles. The highest BCUT2D eigenvalue weighted by atomic mass is 16.4. The number of fused-ring (bicyclic) bond motifs is 1. The minimum Gasteiger partial charge on any atom is -0.481 e. The van der Waals surface area contributed by atoms with Crippen LogP contribution in [0, 0.1) is 0 Å². The number of nitrogen functional groups attached to an aromatic ring is 1. The minimum absolute atomic E-state index is 0.0311. The fourth-order valence-corrected chi connectivity index (χ4v) is 1.62. The average Bonchev–Trinajstić information content (AvgIpc) is 2.18. The summed E-state index contributed by atoms with van der Waals surface area (Å²) in [7, 11) is 0. The normalized spacial score (nSPS) is 10.4. The first-order valence-electron chi connectivity index (χ1n) is 4.66. The van der Waals surface area contributed by atoms with Gasteiger partial charge in [0.1, 0.15) is 0 Å². The molecule has 0 saturated carbocycles. The van der Waals surface area contributed by atoms with Crippen molar-refractivity contribution in [2.75, 3.05) is 5.73 Å². The van der Waals surface area contributed by atoms with E-state index >= 15 is 0 Å². The highest BCUT2D eigenvalue weighted by molar-refractivity contribution is 5.88. The van der Waals surface area contributed by atoms with Crippen LogP contribution >= 0.6 is 0 Å². The molecule has 0 aromatic heterocycles. The molecule has 0 heterocycles. The van der Waals surface area contributed by atoms with Crippen molar-refractivity contribution in [2.24, 2.45) is 0 Å². The second kappa shape index (κ2) is 3.61. The monoisotopic (exact) mass is 201 g/mol. The lowest BCUT2D eigenvalue weighted by Crippen LogP contribution is -2.03. The van der Waals surface area contributed by atoms with Crippen molar-refractivity contribution >= 4 is 22.4 Å². The zero-order valence-corrected chi connectivity index (χ0v) is 8.10. The van der Waals surface area contributed by atoms with Gasteiger partial charge in [0, 0.05) is 5.69 Å². The third kappa shape index (κ3) is 1.91. The van der Waals surface area contributed by atoms with E-state index in [1.165, 1.54) is 0 Å². The van der Waals surface area contributed by atoms with E-state index < -0.39 is 5.97 Å². The Morgan fingerprint density at radius 1 is 1.20 bits per heavy atom. The van der Waals surface area contributed by atoms with Crippen LogP contribution in [0.1, 0.15) is 5.56 Å². The number of rotatable bonds is 2. The summed E-state index contributed by atoms with van der Waals surface area (Å²) in [6, 6.07) is 11.4. The minimum atomic E-state index is -0.864. The lowest BCUT2D eigenvalue weighted by Gasteiger charge is -2.05. The topological polar surface area (TPSA) is 63.3 Å². The first-order chi connectivity index (χ1) is 7.16. The van der Waals surface area contributed by atoms with E-state index in [0.29, 0.717) is 11.3 Å². The van der Waals surface area contributed by atoms with Crippen LogP contribution in [0.3, 0.4) is 0 Å². The van der Waals surface area contributed by atoms with Crippen LogP contribution in [0.25, 0.3) is 10.8 Å². The van der Waals surface area contributed by atoms with E-state index in [1.807, 2.05) is 36.4 Å². The number of benzene rings is 2. The Hall–Kier alpha value is -2.03. The lowest BCUT2D eigenvalue weighted by molar-refractivity contribution is -0.136. The van der Waals surface area contributed by atoms with E-state index in [1.54, 1.807) is 0 Å². The zero-order chi connectivity index (χ0) is 10.8. The number of carboxylic acid groups (broad SMARTS) is 1. The van der Waals surface area contributed by atoms with Gasteiger partial charge < -0.3 is 10.8 Å². The van der Waals surface area contributed by atoms with Crippen LogP contribution < -0.4 is 5.73 Å². The van der Waals surface area contributed by atoms with Crippen LogP contribution in [0.5, 0.6) is 0 Å². The second-order valence-corrected chi connectivity index (χ2v) is 3.47. The third-order valence-corrected chi connectivity index (χ3v) is 2.35. The fourth-order valence-electron chi connectivity index (χ4n) is 1.62. The van der Waals surface area contributed by atoms with Gasteiger partial charge in [0.05, 0.1) is 6.42 Å². The maximum absolute atomic E-state index is 10.6. The van der Waals surface area contributed by atoms with E-state index in [0.717, 1.165) is 10.8 Å². The SMILES string of the molecule is Nc1cc2ccccc2cc1CC(=O)O. The van der Waals surface area contributed by atoms with E-state index in [4.69, 9.17) is 10.8 Å². The molecule has 0 bridgehead atoms. The predicted octanol–water partition coefficient (Wildman–Crippen LogP) is 2.05. The number of carboxylic acids is 1. The molecule has 3 heteroatoms. The number of carbonyl (C=O) groups is 1. The molecule has 76 valence electrons. The molecule has 15 heavy (non-hydrogen) atoms. The Kier molecular flexibility index (Phi) is 2.29. The van der Waals surface area contributed by atoms with Crippen molar-refractivity contribution in [3.05, 3.63) is 42.0 Å². The summed E-state index contributed by atoms with van der Waals surface area (Å²) in [5.41, 5.74) is 6.98. The summed E-state index contributed by atoms with van der Waals surface area (Å²) in [6.45, 7) is 0. The van der Waals surface area contributed by atoms with Crippen molar-refractivity contribution in [2.45, 2.75) is 6.42 Å². The summed E-state index contributed by atoms with van der Waals surface area (Å²) in [4.78, 5) is 10.6. The third-order valence-electron chi connectivity index (χ3n) is 2.35. The number of aliphatic carboxylic acids is 1. The summed E-state index contributed by atoms with van der Waals surface area (Å²) >= 11 is 0. The van der Waals surface area contributed by atoms with Gasteiger partial charge in [0.25, 0.3) is 0 Å². The van der Waals surface area contributed by atoms with Crippen molar-refractivity contribution in [1.82, 2.24) is 0 Å². The van der Waals surface area contributed by atoms with Crippen molar-refractivity contribution in [3.8, 4) is 0 Å². The molecular weight excluding hydrogens is 190 g/mol. The molecule has 0 radical (unpaired) electrons. The van der Waals surface area contributed by atoms with Crippen molar-refractivity contribution < 1.29 is 9.90 Å². The Morgan fingerprint density at radius 3 is 2.40 bits per heavy atom. The van der Waals surface area contributed by atoms with Crippen LogP contribution in [-0.2, 0) is 11.2 Å². The summed E-state index contributed by atoms with van der Waals surface area (Å²) in [6.07, 6.45) is -0.0311. The van der Waals surface area contributed by atoms with Gasteiger partial charge in [0.2, 0.25) is 0 Å². The highest BCUT2D eigenvalue weighted by Gasteiger charge is 2.05. The number of anilines is 1. The Labute approximate surface area is 87.1 Å². The molecule has 0 atom stereocenters. The molecular formula is C12H11NO2. The lowest BCUT2D eigenvalue weighted by atomic mass is 10.0. The molecule has 2 aromatic rings. The molecule has 0 spiro atoms. The molecule has 2 aromatic carbocycles. The molecule has 0 unspecified atom stereocenters. The summed E-state index contributed by atoms with van der Waals surface area (Å²) < 4.78 is 0. The van der Waals surface area contributed by atoms with Gasteiger partial charge in [-0.3, -0.25) is 4.79 Å². The summed E-state index contributed by atoms with van der Waals surface area (Å²) in [5, 5.41) is 10.8. The smallest absolute Gasteiger partial charge is 0.307 e. The van der Waals surface area contributed by atoms with Gasteiger partial charge in [-0.15, -0.1) is 0 Å². The largest absolute Gasteiger partial charge is 0.481 e. The van der Waals surface area contributed by atoms with Gasteiger partial charge in [0.15, 0.2) is 0 Å². The maximum atomic E-state index is 10.6. The molecule has 0 aliphatic carbocycles. The van der Waals surface area contributed by atoms with Gasteiger partial charge in [-0.2, -0.15) is 0 Å². The Balaban J connectivity index is 2.56. The summed E-state index contributed by atoms with van der Waals surface area (Å²) in [5.74, 6) is -0.864. The second-order valence-electron chi connectivity index (χ2n) is 3.47. The van der Waals surface area contributed by atoms with Gasteiger partial charge in [-0.25, -0.2) is 0 Å². The quantitative estimate of drug-likeness (QED) is 0.731. The predicted molar refractivity (Wildman–Crippen MR) is 59.7 cm³/mol. The van der Waals surface area contributed by atoms with Gasteiger partial charge >= 0.3 is 5.97 Å². The molecule has 3 N–H and O–H groups in total. The highest BCUT2D eigenvalue weighted by Crippen LogP contribution is 2.22. The first kappa shape index (κ1) is 9.52. The number of hydrogen-bond acceptors (Lipinski definition) is 2. The average molecular weight is 201 g/mol. The number of nitrogens with two attached hydrogens (primary N) is 1.